The molecule has 3 aromatic rings. The van der Waals surface area contributed by atoms with Gasteiger partial charge in [0.05, 0.1) is 18.7 Å². The van der Waals surface area contributed by atoms with E-state index in [1.807, 2.05) is 24.3 Å². The highest BCUT2D eigenvalue weighted by molar-refractivity contribution is 5.92. The van der Waals surface area contributed by atoms with Crippen molar-refractivity contribution in [1.82, 2.24) is 0 Å². The summed E-state index contributed by atoms with van der Waals surface area (Å²) in [6, 6.07) is 28.2. The van der Waals surface area contributed by atoms with Gasteiger partial charge in [-0.2, -0.15) is 0 Å². The summed E-state index contributed by atoms with van der Waals surface area (Å²) in [5.41, 5.74) is 5.84. The number of terminal acetylenes is 1. The number of anilines is 1. The van der Waals surface area contributed by atoms with Crippen LogP contribution in [0.15, 0.2) is 84.9 Å². The van der Waals surface area contributed by atoms with E-state index in [1.165, 1.54) is 23.6 Å². The van der Waals surface area contributed by atoms with E-state index >= 15 is 0 Å². The fraction of sp³-hybridized carbons (Fsp3) is 0.138. The lowest BCUT2D eigenvalue weighted by Crippen LogP contribution is -2.17. The summed E-state index contributed by atoms with van der Waals surface area (Å²) in [6.45, 7) is 2.06. The first-order valence-corrected chi connectivity index (χ1v) is 10.7. The Labute approximate surface area is 189 Å². The third-order valence-electron chi connectivity index (χ3n) is 5.63. The SMILES string of the molecule is C#Cc1cccc(C(=O)OC)c1C(CC)Nc1ccc2ccccc2c1.c1cc2cc-2c1. The quantitative estimate of drug-likeness (QED) is 0.250. The van der Waals surface area contributed by atoms with Crippen LogP contribution < -0.4 is 5.32 Å². The fourth-order valence-corrected chi connectivity index (χ4v) is 3.89. The first-order valence-electron chi connectivity index (χ1n) is 10.7. The van der Waals surface area contributed by atoms with Gasteiger partial charge in [-0.3, -0.25) is 0 Å². The molecule has 1 unspecified atom stereocenters. The van der Waals surface area contributed by atoms with Crippen molar-refractivity contribution >= 4 is 22.4 Å². The molecule has 2 aliphatic rings. The summed E-state index contributed by atoms with van der Waals surface area (Å²) < 4.78 is 4.94. The molecule has 0 saturated heterocycles. The Balaban J connectivity index is 0.000000346. The minimum Gasteiger partial charge on any atom is -0.465 e. The number of nitrogens with one attached hydrogen (secondary N) is 1. The zero-order valence-corrected chi connectivity index (χ0v) is 18.3. The minimum absolute atomic E-state index is 0.0995. The molecule has 1 N–H and O–H groups in total. The van der Waals surface area contributed by atoms with Crippen molar-refractivity contribution < 1.29 is 9.53 Å². The predicted octanol–water partition coefficient (Wildman–Crippen LogP) is 6.84. The topological polar surface area (TPSA) is 38.3 Å². The van der Waals surface area contributed by atoms with Crippen molar-refractivity contribution in [3.63, 3.8) is 0 Å². The molecule has 0 radical (unpaired) electrons. The fourth-order valence-electron chi connectivity index (χ4n) is 3.89. The number of rotatable bonds is 5. The molecule has 3 nitrogen and oxygen atoms in total. The van der Waals surface area contributed by atoms with Gasteiger partial charge in [0.1, 0.15) is 0 Å². The summed E-state index contributed by atoms with van der Waals surface area (Å²) in [5, 5.41) is 5.87. The largest absolute Gasteiger partial charge is 0.465 e. The molecular weight excluding hydrogens is 394 g/mol. The van der Waals surface area contributed by atoms with Gasteiger partial charge in [-0.25, -0.2) is 4.79 Å². The van der Waals surface area contributed by atoms with Gasteiger partial charge in [0.2, 0.25) is 0 Å². The highest BCUT2D eigenvalue weighted by atomic mass is 16.5. The number of ether oxygens (including phenoxy) is 1. The Morgan fingerprint density at radius 1 is 0.938 bits per heavy atom. The lowest BCUT2D eigenvalue weighted by atomic mass is 9.93. The van der Waals surface area contributed by atoms with Crippen LogP contribution in [0.5, 0.6) is 0 Å². The molecule has 158 valence electrons. The summed E-state index contributed by atoms with van der Waals surface area (Å²) in [5.74, 6) is 2.32. The number of benzene rings is 4. The van der Waals surface area contributed by atoms with Gasteiger partial charge in [-0.1, -0.05) is 67.4 Å². The second-order valence-corrected chi connectivity index (χ2v) is 7.65. The Bertz CT molecular complexity index is 1300. The van der Waals surface area contributed by atoms with E-state index in [0.29, 0.717) is 11.1 Å². The number of hydrogen-bond donors (Lipinski definition) is 1. The van der Waals surface area contributed by atoms with Gasteiger partial charge in [-0.05, 0) is 58.7 Å². The first-order chi connectivity index (χ1) is 15.6. The normalized spacial score (nSPS) is 11.5. The number of esters is 1. The van der Waals surface area contributed by atoms with Gasteiger partial charge in [-0.15, -0.1) is 6.42 Å². The summed E-state index contributed by atoms with van der Waals surface area (Å²) in [4.78, 5) is 12.2. The molecule has 3 aromatic carbocycles. The van der Waals surface area contributed by atoms with Crippen LogP contribution in [0.2, 0.25) is 0 Å². The van der Waals surface area contributed by atoms with E-state index in [0.717, 1.165) is 23.1 Å². The van der Waals surface area contributed by atoms with Crippen LogP contribution in [0.3, 0.4) is 0 Å². The van der Waals surface area contributed by atoms with Crippen LogP contribution in [0.25, 0.3) is 21.9 Å². The summed E-state index contributed by atoms with van der Waals surface area (Å²) in [7, 11) is 1.38. The maximum atomic E-state index is 12.2. The van der Waals surface area contributed by atoms with Gasteiger partial charge in [0.15, 0.2) is 0 Å². The third kappa shape index (κ3) is 4.50. The summed E-state index contributed by atoms with van der Waals surface area (Å²) >= 11 is 0. The molecule has 0 aromatic heterocycles. The van der Waals surface area contributed by atoms with E-state index in [2.05, 4.69) is 66.7 Å². The van der Waals surface area contributed by atoms with Gasteiger partial charge < -0.3 is 10.1 Å². The van der Waals surface area contributed by atoms with Crippen molar-refractivity contribution in [3.8, 4) is 23.5 Å². The van der Waals surface area contributed by atoms with E-state index in [9.17, 15) is 4.79 Å². The lowest BCUT2D eigenvalue weighted by molar-refractivity contribution is 0.0599. The molecule has 0 fully saturated rings. The van der Waals surface area contributed by atoms with Crippen LogP contribution in [-0.2, 0) is 4.74 Å². The predicted molar refractivity (Wildman–Crippen MR) is 132 cm³/mol. The Morgan fingerprint density at radius 2 is 1.66 bits per heavy atom. The summed E-state index contributed by atoms with van der Waals surface area (Å²) in [6.07, 6.45) is 6.46. The van der Waals surface area contributed by atoms with Crippen molar-refractivity contribution in [2.75, 3.05) is 12.4 Å². The number of fused-ring (bicyclic) bond motifs is 2. The Morgan fingerprint density at radius 3 is 2.25 bits per heavy atom. The molecule has 0 saturated carbocycles. The second-order valence-electron chi connectivity index (χ2n) is 7.65. The molecule has 0 amide bonds. The number of hydrogen-bond acceptors (Lipinski definition) is 3. The zero-order valence-electron chi connectivity index (χ0n) is 18.3. The standard InChI is InChI=1S/C23H21NO2.C6H4/c1-4-16-11-8-12-20(23(25)26-3)22(16)21(5-2)24-19-14-13-17-9-6-7-10-18(17)15-19;1-2-5-4-6(5)3-1/h1,6-15,21,24H,5H2,2-3H3;1-4H. The first kappa shape index (κ1) is 21.2. The molecule has 3 heteroatoms. The van der Waals surface area contributed by atoms with Crippen LogP contribution in [0.1, 0.15) is 40.9 Å². The molecule has 32 heavy (non-hydrogen) atoms. The molecule has 5 rings (SSSR count). The molecule has 0 aliphatic heterocycles. The monoisotopic (exact) mass is 419 g/mol. The second kappa shape index (κ2) is 9.41. The van der Waals surface area contributed by atoms with Crippen LogP contribution in [-0.4, -0.2) is 13.1 Å². The van der Waals surface area contributed by atoms with E-state index < -0.39 is 0 Å². The van der Waals surface area contributed by atoms with Crippen LogP contribution in [0, 0.1) is 12.3 Å². The van der Waals surface area contributed by atoms with E-state index in [4.69, 9.17) is 11.2 Å². The Kier molecular flexibility index (Phi) is 6.24. The highest BCUT2D eigenvalue weighted by Crippen LogP contribution is 2.33. The van der Waals surface area contributed by atoms with Crippen molar-refractivity contribution in [2.24, 2.45) is 0 Å². The van der Waals surface area contributed by atoms with Crippen molar-refractivity contribution in [2.45, 2.75) is 19.4 Å². The number of methoxy groups -OCH3 is 1. The number of carbonyl (C=O) groups excluding carboxylic acids is 1. The lowest BCUT2D eigenvalue weighted by Gasteiger charge is -2.23. The molecular formula is C29H25NO2. The average molecular weight is 420 g/mol. The smallest absolute Gasteiger partial charge is 0.338 e. The molecule has 2 aliphatic carbocycles. The molecule has 0 heterocycles. The third-order valence-corrected chi connectivity index (χ3v) is 5.63. The maximum absolute atomic E-state index is 12.2. The minimum atomic E-state index is -0.379. The van der Waals surface area contributed by atoms with Crippen molar-refractivity contribution in [3.05, 3.63) is 102 Å². The molecule has 1 atom stereocenters. The van der Waals surface area contributed by atoms with E-state index in [-0.39, 0.29) is 12.0 Å². The zero-order chi connectivity index (χ0) is 22.5. The average Bonchev–Trinajstić information content (AvgIpc) is 3.45. The van der Waals surface area contributed by atoms with Crippen LogP contribution in [0.4, 0.5) is 5.69 Å². The van der Waals surface area contributed by atoms with Gasteiger partial charge in [0.25, 0.3) is 0 Å². The highest BCUT2D eigenvalue weighted by Gasteiger charge is 2.21. The van der Waals surface area contributed by atoms with Crippen LogP contribution >= 0.6 is 0 Å². The van der Waals surface area contributed by atoms with E-state index in [1.54, 1.807) is 12.1 Å². The van der Waals surface area contributed by atoms with Gasteiger partial charge >= 0.3 is 5.97 Å². The Hall–Kier alpha value is -4.03. The van der Waals surface area contributed by atoms with Gasteiger partial charge in [0, 0.05) is 16.8 Å². The number of carbonyl (C=O) groups is 1. The molecule has 0 spiro atoms. The van der Waals surface area contributed by atoms with Crippen molar-refractivity contribution in [1.29, 1.82) is 0 Å². The molecule has 0 bridgehead atoms. The maximum Gasteiger partial charge on any atom is 0.338 e.